The van der Waals surface area contributed by atoms with E-state index in [9.17, 15) is 14.4 Å². The summed E-state index contributed by atoms with van der Waals surface area (Å²) in [6, 6.07) is 11.0. The number of aromatic nitrogens is 1. The minimum absolute atomic E-state index is 0.00191. The maximum absolute atomic E-state index is 12.7. The minimum Gasteiger partial charge on any atom is -0.352 e. The summed E-state index contributed by atoms with van der Waals surface area (Å²) in [7, 11) is 0. The molecule has 5 nitrogen and oxygen atoms in total. The van der Waals surface area contributed by atoms with Gasteiger partial charge in [0.1, 0.15) is 5.56 Å². The molecule has 0 saturated heterocycles. The fourth-order valence-corrected chi connectivity index (χ4v) is 3.18. The van der Waals surface area contributed by atoms with Gasteiger partial charge in [0.05, 0.1) is 6.54 Å². The second-order valence-corrected chi connectivity index (χ2v) is 6.84. The summed E-state index contributed by atoms with van der Waals surface area (Å²) >= 11 is 0. The lowest BCUT2D eigenvalue weighted by atomic mass is 9.81. The summed E-state index contributed by atoms with van der Waals surface area (Å²) in [5.74, 6) is 0.00425. The summed E-state index contributed by atoms with van der Waals surface area (Å²) in [4.78, 5) is 37.7. The molecular formula is C21H24N2O3. The van der Waals surface area contributed by atoms with Crippen molar-refractivity contribution in [3.8, 4) is 0 Å². The number of benzene rings is 1. The van der Waals surface area contributed by atoms with Crippen molar-refractivity contribution in [3.63, 3.8) is 0 Å². The Morgan fingerprint density at radius 2 is 1.92 bits per heavy atom. The van der Waals surface area contributed by atoms with Crippen LogP contribution in [-0.4, -0.2) is 22.8 Å². The van der Waals surface area contributed by atoms with Crippen LogP contribution < -0.4 is 10.9 Å². The molecule has 0 atom stereocenters. The fourth-order valence-electron chi connectivity index (χ4n) is 3.18. The number of nitrogens with zero attached hydrogens (tertiary/aromatic N) is 1. The van der Waals surface area contributed by atoms with Crippen LogP contribution in [0.25, 0.3) is 0 Å². The summed E-state index contributed by atoms with van der Waals surface area (Å²) in [6.07, 6.45) is 5.42. The van der Waals surface area contributed by atoms with Gasteiger partial charge in [-0.2, -0.15) is 0 Å². The van der Waals surface area contributed by atoms with Crippen LogP contribution in [0, 0.1) is 5.92 Å². The zero-order valence-electron chi connectivity index (χ0n) is 15.0. The van der Waals surface area contributed by atoms with Crippen LogP contribution >= 0.6 is 0 Å². The van der Waals surface area contributed by atoms with Gasteiger partial charge in [0.2, 0.25) is 0 Å². The van der Waals surface area contributed by atoms with Crippen molar-refractivity contribution in [2.45, 2.75) is 39.2 Å². The third kappa shape index (κ3) is 4.10. The van der Waals surface area contributed by atoms with Gasteiger partial charge in [-0.05, 0) is 24.5 Å². The monoisotopic (exact) mass is 352 g/mol. The molecule has 1 aromatic heterocycles. The van der Waals surface area contributed by atoms with Gasteiger partial charge >= 0.3 is 0 Å². The molecule has 1 aliphatic rings. The van der Waals surface area contributed by atoms with Gasteiger partial charge in [-0.25, -0.2) is 0 Å². The molecule has 0 spiro atoms. The molecule has 0 aliphatic heterocycles. The number of carbonyl (C=O) groups excluding carboxylic acids is 2. The Balaban J connectivity index is 1.96. The Morgan fingerprint density at radius 1 is 1.19 bits per heavy atom. The molecule has 26 heavy (non-hydrogen) atoms. The molecule has 3 rings (SSSR count). The van der Waals surface area contributed by atoms with Crippen molar-refractivity contribution in [3.05, 3.63) is 69.6 Å². The number of hydrogen-bond donors (Lipinski definition) is 1. The molecule has 1 N–H and O–H groups in total. The molecule has 1 saturated carbocycles. The van der Waals surface area contributed by atoms with E-state index in [0.29, 0.717) is 31.0 Å². The summed E-state index contributed by atoms with van der Waals surface area (Å²) in [5.41, 5.74) is 1.04. The van der Waals surface area contributed by atoms with E-state index < -0.39 is 5.91 Å². The predicted molar refractivity (Wildman–Crippen MR) is 101 cm³/mol. The van der Waals surface area contributed by atoms with E-state index >= 15 is 0 Å². The third-order valence-electron chi connectivity index (χ3n) is 4.88. The number of hydrogen-bond acceptors (Lipinski definition) is 3. The zero-order valence-corrected chi connectivity index (χ0v) is 15.0. The molecule has 0 bridgehead atoms. The highest BCUT2D eigenvalue weighted by Crippen LogP contribution is 2.30. The molecule has 136 valence electrons. The summed E-state index contributed by atoms with van der Waals surface area (Å²) < 4.78 is 1.47. The van der Waals surface area contributed by atoms with Crippen molar-refractivity contribution in [1.82, 2.24) is 9.88 Å². The first-order chi connectivity index (χ1) is 12.6. The van der Waals surface area contributed by atoms with Gasteiger partial charge in [0, 0.05) is 24.7 Å². The van der Waals surface area contributed by atoms with Gasteiger partial charge in [-0.1, -0.05) is 49.6 Å². The first-order valence-electron chi connectivity index (χ1n) is 9.18. The molecule has 1 aliphatic carbocycles. The Kier molecular flexibility index (Phi) is 5.66. The van der Waals surface area contributed by atoms with E-state index in [2.05, 4.69) is 5.32 Å². The largest absolute Gasteiger partial charge is 0.352 e. The summed E-state index contributed by atoms with van der Waals surface area (Å²) in [5, 5.41) is 2.66. The van der Waals surface area contributed by atoms with E-state index in [1.165, 1.54) is 17.1 Å². The average Bonchev–Trinajstić information content (AvgIpc) is 2.60. The van der Waals surface area contributed by atoms with Crippen LogP contribution in [0.1, 0.15) is 58.9 Å². The van der Waals surface area contributed by atoms with Crippen LogP contribution in [0.3, 0.4) is 0 Å². The standard InChI is InChI=1S/C21H24N2O3/c1-2-22-20(25)18-12-17(19(24)11-15-9-6-10-15)14-23(21(18)26)13-16-7-4-3-5-8-16/h3-5,7-8,12,14-15H,2,6,9-11,13H2,1H3,(H,22,25). The molecule has 1 fully saturated rings. The van der Waals surface area contributed by atoms with Crippen molar-refractivity contribution < 1.29 is 9.59 Å². The lowest BCUT2D eigenvalue weighted by Gasteiger charge is -2.24. The van der Waals surface area contributed by atoms with Crippen molar-refractivity contribution in [2.24, 2.45) is 5.92 Å². The number of nitrogens with one attached hydrogen (secondary N) is 1. The number of Topliss-reactive ketones (excluding diaryl/α,β-unsaturated/α-hetero) is 1. The maximum Gasteiger partial charge on any atom is 0.263 e. The van der Waals surface area contributed by atoms with Crippen LogP contribution in [0.5, 0.6) is 0 Å². The second-order valence-electron chi connectivity index (χ2n) is 6.84. The van der Waals surface area contributed by atoms with Gasteiger partial charge in [-0.15, -0.1) is 0 Å². The first-order valence-corrected chi connectivity index (χ1v) is 9.18. The van der Waals surface area contributed by atoms with E-state index in [-0.39, 0.29) is 16.9 Å². The van der Waals surface area contributed by atoms with Crippen LogP contribution in [0.2, 0.25) is 0 Å². The highest BCUT2D eigenvalue weighted by Gasteiger charge is 2.23. The Morgan fingerprint density at radius 3 is 2.54 bits per heavy atom. The maximum atomic E-state index is 12.7. The Labute approximate surface area is 153 Å². The molecule has 1 amide bonds. The topological polar surface area (TPSA) is 68.2 Å². The Hall–Kier alpha value is -2.69. The first kappa shape index (κ1) is 18.1. The van der Waals surface area contributed by atoms with E-state index in [0.717, 1.165) is 18.4 Å². The van der Waals surface area contributed by atoms with E-state index in [1.54, 1.807) is 13.1 Å². The minimum atomic E-state index is -0.433. The third-order valence-corrected chi connectivity index (χ3v) is 4.88. The van der Waals surface area contributed by atoms with Crippen molar-refractivity contribution in [1.29, 1.82) is 0 Å². The van der Waals surface area contributed by atoms with Gasteiger partial charge in [0.25, 0.3) is 11.5 Å². The molecule has 2 aromatic rings. The highest BCUT2D eigenvalue weighted by molar-refractivity contribution is 6.00. The number of rotatable bonds is 7. The summed E-state index contributed by atoms with van der Waals surface area (Å²) in [6.45, 7) is 2.56. The lowest BCUT2D eigenvalue weighted by Crippen LogP contribution is -2.34. The van der Waals surface area contributed by atoms with Gasteiger partial charge < -0.3 is 9.88 Å². The quantitative estimate of drug-likeness (QED) is 0.779. The van der Waals surface area contributed by atoms with E-state index in [1.807, 2.05) is 30.3 Å². The van der Waals surface area contributed by atoms with E-state index in [4.69, 9.17) is 0 Å². The highest BCUT2D eigenvalue weighted by atomic mass is 16.2. The average molecular weight is 352 g/mol. The molecule has 1 aromatic carbocycles. The number of ketones is 1. The molecule has 1 heterocycles. The van der Waals surface area contributed by atoms with Crippen LogP contribution in [-0.2, 0) is 6.54 Å². The Bertz CT molecular complexity index is 851. The van der Waals surface area contributed by atoms with Crippen LogP contribution in [0.4, 0.5) is 0 Å². The van der Waals surface area contributed by atoms with Crippen LogP contribution in [0.15, 0.2) is 47.4 Å². The molecule has 0 radical (unpaired) electrons. The number of amides is 1. The van der Waals surface area contributed by atoms with Crippen molar-refractivity contribution in [2.75, 3.05) is 6.54 Å². The normalized spacial score (nSPS) is 13.9. The fraction of sp³-hybridized carbons (Fsp3) is 0.381. The van der Waals surface area contributed by atoms with Gasteiger partial charge in [0.15, 0.2) is 5.78 Å². The lowest BCUT2D eigenvalue weighted by molar-refractivity contribution is 0.0935. The predicted octanol–water partition coefficient (Wildman–Crippen LogP) is 3.02. The SMILES string of the molecule is CCNC(=O)c1cc(C(=O)CC2CCC2)cn(Cc2ccccc2)c1=O. The molecule has 5 heteroatoms. The second kappa shape index (κ2) is 8.13. The number of pyridine rings is 1. The van der Waals surface area contributed by atoms with Crippen molar-refractivity contribution >= 4 is 11.7 Å². The molecule has 0 unspecified atom stereocenters. The zero-order chi connectivity index (χ0) is 18.5. The smallest absolute Gasteiger partial charge is 0.263 e. The van der Waals surface area contributed by atoms with Gasteiger partial charge in [-0.3, -0.25) is 14.4 Å². The number of carbonyl (C=O) groups is 2. The molecular weight excluding hydrogens is 328 g/mol.